The molecule has 1 aliphatic rings. The van der Waals surface area contributed by atoms with Gasteiger partial charge in [-0.1, -0.05) is 26.7 Å². The second-order valence-electron chi connectivity index (χ2n) is 4.49. The van der Waals surface area contributed by atoms with Crippen LogP contribution in [0, 0.1) is 11.8 Å². The Balaban J connectivity index is 2.51. The van der Waals surface area contributed by atoms with Gasteiger partial charge in [0.15, 0.2) is 0 Å². The van der Waals surface area contributed by atoms with E-state index >= 15 is 0 Å². The Morgan fingerprint density at radius 1 is 1.47 bits per heavy atom. The minimum absolute atomic E-state index is 0.0581. The maximum Gasteiger partial charge on any atom is 0.302 e. The van der Waals surface area contributed by atoms with E-state index in [1.165, 1.54) is 19.8 Å². The maximum atomic E-state index is 11.0. The molecule has 0 spiro atoms. The monoisotopic (exact) mass is 214 g/mol. The predicted octanol–water partition coefficient (Wildman–Crippen LogP) is 2.39. The first kappa shape index (κ1) is 12.5. The molecule has 0 bridgehead atoms. The first-order valence-corrected chi connectivity index (χ1v) is 5.90. The summed E-state index contributed by atoms with van der Waals surface area (Å²) < 4.78 is 10.9. The van der Waals surface area contributed by atoms with E-state index in [1.807, 2.05) is 0 Å². The lowest BCUT2D eigenvalue weighted by Crippen LogP contribution is -2.41. The van der Waals surface area contributed by atoms with E-state index in [1.54, 1.807) is 0 Å². The molecule has 1 rings (SSSR count). The van der Waals surface area contributed by atoms with E-state index in [4.69, 9.17) is 9.47 Å². The van der Waals surface area contributed by atoms with Gasteiger partial charge >= 0.3 is 5.97 Å². The highest BCUT2D eigenvalue weighted by Crippen LogP contribution is 2.27. The average molecular weight is 214 g/mol. The van der Waals surface area contributed by atoms with E-state index < -0.39 is 0 Å². The van der Waals surface area contributed by atoms with Crippen LogP contribution in [0.1, 0.15) is 40.0 Å². The highest BCUT2D eigenvalue weighted by molar-refractivity contribution is 5.66. The lowest BCUT2D eigenvalue weighted by molar-refractivity contribution is -0.162. The second-order valence-corrected chi connectivity index (χ2v) is 4.49. The van der Waals surface area contributed by atoms with Crippen molar-refractivity contribution < 1.29 is 14.3 Å². The van der Waals surface area contributed by atoms with Crippen molar-refractivity contribution >= 4 is 5.97 Å². The van der Waals surface area contributed by atoms with Crippen LogP contribution in [0.15, 0.2) is 0 Å². The third kappa shape index (κ3) is 3.82. The largest absolute Gasteiger partial charge is 0.462 e. The smallest absolute Gasteiger partial charge is 0.302 e. The van der Waals surface area contributed by atoms with Crippen LogP contribution in [-0.2, 0) is 14.3 Å². The summed E-state index contributed by atoms with van der Waals surface area (Å²) >= 11 is 0. The van der Waals surface area contributed by atoms with Gasteiger partial charge in [-0.15, -0.1) is 0 Å². The van der Waals surface area contributed by atoms with Gasteiger partial charge in [0.25, 0.3) is 0 Å². The topological polar surface area (TPSA) is 35.5 Å². The number of esters is 1. The Morgan fingerprint density at radius 3 is 2.80 bits per heavy atom. The average Bonchev–Trinajstić information content (AvgIpc) is 2.18. The zero-order chi connectivity index (χ0) is 11.3. The SMILES string of the molecule is CCCC[C@@H]1COC[C@@H](C)[C@@H]1OC(C)=O. The van der Waals surface area contributed by atoms with Gasteiger partial charge in [0.1, 0.15) is 6.10 Å². The van der Waals surface area contributed by atoms with E-state index in [0.29, 0.717) is 18.4 Å². The molecular formula is C12H22O3. The third-order valence-corrected chi connectivity index (χ3v) is 2.97. The van der Waals surface area contributed by atoms with Gasteiger partial charge in [0, 0.05) is 18.8 Å². The first-order valence-electron chi connectivity index (χ1n) is 5.90. The fourth-order valence-corrected chi connectivity index (χ4v) is 2.18. The van der Waals surface area contributed by atoms with Crippen molar-refractivity contribution in [3.8, 4) is 0 Å². The quantitative estimate of drug-likeness (QED) is 0.674. The molecule has 1 fully saturated rings. The lowest BCUT2D eigenvalue weighted by atomic mass is 9.87. The van der Waals surface area contributed by atoms with Gasteiger partial charge in [0.05, 0.1) is 13.2 Å². The minimum Gasteiger partial charge on any atom is -0.462 e. The summed E-state index contributed by atoms with van der Waals surface area (Å²) in [5.41, 5.74) is 0. The number of ether oxygens (including phenoxy) is 2. The molecule has 0 aromatic rings. The maximum absolute atomic E-state index is 11.0. The van der Waals surface area contributed by atoms with Crippen LogP contribution < -0.4 is 0 Å². The summed E-state index contributed by atoms with van der Waals surface area (Å²) in [6.45, 7) is 7.20. The Morgan fingerprint density at radius 2 is 2.20 bits per heavy atom. The summed E-state index contributed by atoms with van der Waals surface area (Å²) in [7, 11) is 0. The number of rotatable bonds is 4. The molecule has 0 aromatic carbocycles. The van der Waals surface area contributed by atoms with Crippen LogP contribution in [-0.4, -0.2) is 25.3 Å². The predicted molar refractivity (Wildman–Crippen MR) is 58.6 cm³/mol. The number of hydrogen-bond donors (Lipinski definition) is 0. The Bertz CT molecular complexity index is 203. The number of unbranched alkanes of at least 4 members (excludes halogenated alkanes) is 1. The number of hydrogen-bond acceptors (Lipinski definition) is 3. The molecule has 0 N–H and O–H groups in total. The van der Waals surface area contributed by atoms with Crippen molar-refractivity contribution in [2.24, 2.45) is 11.8 Å². The van der Waals surface area contributed by atoms with Crippen LogP contribution >= 0.6 is 0 Å². The molecule has 0 radical (unpaired) electrons. The van der Waals surface area contributed by atoms with Crippen molar-refractivity contribution in [3.63, 3.8) is 0 Å². The summed E-state index contributed by atoms with van der Waals surface area (Å²) in [5.74, 6) is 0.539. The normalized spacial score (nSPS) is 31.3. The molecule has 1 saturated heterocycles. The van der Waals surface area contributed by atoms with Gasteiger partial charge in [-0.05, 0) is 6.42 Å². The molecular weight excluding hydrogens is 192 g/mol. The molecule has 3 atom stereocenters. The number of carbonyl (C=O) groups is 1. The summed E-state index contributed by atoms with van der Waals surface area (Å²) in [4.78, 5) is 11.0. The molecule has 88 valence electrons. The Hall–Kier alpha value is -0.570. The highest BCUT2D eigenvalue weighted by Gasteiger charge is 2.33. The Kier molecular flexibility index (Phi) is 5.09. The molecule has 0 amide bonds. The van der Waals surface area contributed by atoms with E-state index in [-0.39, 0.29) is 12.1 Å². The molecule has 15 heavy (non-hydrogen) atoms. The molecule has 0 aromatic heterocycles. The Labute approximate surface area is 92.1 Å². The zero-order valence-electron chi connectivity index (χ0n) is 9.99. The standard InChI is InChI=1S/C12H22O3/c1-4-5-6-11-8-14-7-9(2)12(11)15-10(3)13/h9,11-12H,4-8H2,1-3H3/t9-,11-,12+/m1/s1. The third-order valence-electron chi connectivity index (χ3n) is 2.97. The molecule has 1 heterocycles. The lowest BCUT2D eigenvalue weighted by Gasteiger charge is -2.35. The summed E-state index contributed by atoms with van der Waals surface area (Å²) in [6.07, 6.45) is 3.51. The van der Waals surface area contributed by atoms with Gasteiger partial charge in [0.2, 0.25) is 0 Å². The van der Waals surface area contributed by atoms with Crippen molar-refractivity contribution in [1.82, 2.24) is 0 Å². The van der Waals surface area contributed by atoms with Crippen molar-refractivity contribution in [2.75, 3.05) is 13.2 Å². The van der Waals surface area contributed by atoms with Crippen molar-refractivity contribution in [2.45, 2.75) is 46.1 Å². The zero-order valence-corrected chi connectivity index (χ0v) is 9.99. The summed E-state index contributed by atoms with van der Waals surface area (Å²) in [5, 5.41) is 0. The molecule has 0 aliphatic carbocycles. The molecule has 1 aliphatic heterocycles. The van der Waals surface area contributed by atoms with Crippen molar-refractivity contribution in [3.05, 3.63) is 0 Å². The van der Waals surface area contributed by atoms with Crippen LogP contribution in [0.25, 0.3) is 0 Å². The fraction of sp³-hybridized carbons (Fsp3) is 0.917. The van der Waals surface area contributed by atoms with E-state index in [0.717, 1.165) is 13.0 Å². The van der Waals surface area contributed by atoms with Gasteiger partial charge in [-0.3, -0.25) is 4.79 Å². The van der Waals surface area contributed by atoms with E-state index in [9.17, 15) is 4.79 Å². The van der Waals surface area contributed by atoms with Crippen LogP contribution in [0.5, 0.6) is 0 Å². The first-order chi connectivity index (χ1) is 7.15. The second kappa shape index (κ2) is 6.11. The fourth-order valence-electron chi connectivity index (χ4n) is 2.18. The molecule has 3 heteroatoms. The van der Waals surface area contributed by atoms with Crippen LogP contribution in [0.4, 0.5) is 0 Å². The van der Waals surface area contributed by atoms with Gasteiger partial charge < -0.3 is 9.47 Å². The van der Waals surface area contributed by atoms with Gasteiger partial charge in [-0.2, -0.15) is 0 Å². The van der Waals surface area contributed by atoms with Crippen LogP contribution in [0.3, 0.4) is 0 Å². The van der Waals surface area contributed by atoms with Gasteiger partial charge in [-0.25, -0.2) is 0 Å². The van der Waals surface area contributed by atoms with Crippen LogP contribution in [0.2, 0.25) is 0 Å². The summed E-state index contributed by atoms with van der Waals surface area (Å²) in [6, 6.07) is 0. The van der Waals surface area contributed by atoms with Crippen molar-refractivity contribution in [1.29, 1.82) is 0 Å². The molecule has 3 nitrogen and oxygen atoms in total. The highest BCUT2D eigenvalue weighted by atomic mass is 16.6. The van der Waals surface area contributed by atoms with E-state index in [2.05, 4.69) is 13.8 Å². The molecule has 0 saturated carbocycles. The molecule has 0 unspecified atom stereocenters. The minimum atomic E-state index is -0.171. The number of carbonyl (C=O) groups excluding carboxylic acids is 1.